The monoisotopic (exact) mass is 198 g/mol. The molecule has 0 bridgehead atoms. The first-order chi connectivity index (χ1) is 5.93. The van der Waals surface area contributed by atoms with Crippen molar-refractivity contribution >= 4 is 5.97 Å². The van der Waals surface area contributed by atoms with Gasteiger partial charge in [0.05, 0.1) is 12.5 Å². The van der Waals surface area contributed by atoms with Gasteiger partial charge in [-0.3, -0.25) is 4.79 Å². The number of rotatable bonds is 1. The van der Waals surface area contributed by atoms with Crippen LogP contribution in [0.1, 0.15) is 12.8 Å². The lowest BCUT2D eigenvalue weighted by atomic mass is 9.95. The third kappa shape index (κ3) is 2.33. The van der Waals surface area contributed by atoms with E-state index < -0.39 is 24.2 Å². The van der Waals surface area contributed by atoms with Crippen LogP contribution in [-0.4, -0.2) is 30.0 Å². The van der Waals surface area contributed by atoms with Crippen LogP contribution < -0.4 is 0 Å². The van der Waals surface area contributed by atoms with Gasteiger partial charge in [0.2, 0.25) is 0 Å². The van der Waals surface area contributed by atoms with Gasteiger partial charge >= 0.3 is 12.1 Å². The standard InChI is InChI=1S/C7H9F3O3/c8-7(9,10)5(11)4-2-1-3-13-6(4)12/h4-5,11H,1-3H2/t4-,5+/m0/s1. The molecule has 0 aromatic carbocycles. The minimum absolute atomic E-state index is 0.0273. The second kappa shape index (κ2) is 3.53. The fourth-order valence-electron chi connectivity index (χ4n) is 1.22. The first-order valence-corrected chi connectivity index (χ1v) is 3.84. The van der Waals surface area contributed by atoms with Gasteiger partial charge in [-0.2, -0.15) is 13.2 Å². The molecule has 0 aromatic heterocycles. The SMILES string of the molecule is O=C1OCCC[C@H]1[C@@H](O)C(F)(F)F. The second-order valence-corrected chi connectivity index (χ2v) is 2.90. The molecule has 1 N–H and O–H groups in total. The number of esters is 1. The highest BCUT2D eigenvalue weighted by Crippen LogP contribution is 2.30. The Kier molecular flexibility index (Phi) is 2.80. The number of alkyl halides is 3. The maximum atomic E-state index is 11.9. The van der Waals surface area contributed by atoms with Gasteiger partial charge in [0.25, 0.3) is 0 Å². The highest BCUT2D eigenvalue weighted by Gasteiger charge is 2.47. The summed E-state index contributed by atoms with van der Waals surface area (Å²) in [5.41, 5.74) is 0. The van der Waals surface area contributed by atoms with E-state index in [-0.39, 0.29) is 13.0 Å². The molecule has 1 fully saturated rings. The van der Waals surface area contributed by atoms with E-state index in [0.29, 0.717) is 6.42 Å². The summed E-state index contributed by atoms with van der Waals surface area (Å²) < 4.78 is 40.3. The van der Waals surface area contributed by atoms with Crippen LogP contribution in [0.15, 0.2) is 0 Å². The largest absolute Gasteiger partial charge is 0.465 e. The lowest BCUT2D eigenvalue weighted by Gasteiger charge is -2.26. The molecule has 76 valence electrons. The highest BCUT2D eigenvalue weighted by atomic mass is 19.4. The summed E-state index contributed by atoms with van der Waals surface area (Å²) in [5.74, 6) is -2.41. The Morgan fingerprint density at radius 1 is 1.54 bits per heavy atom. The van der Waals surface area contributed by atoms with Gasteiger partial charge in [0, 0.05) is 0 Å². The van der Waals surface area contributed by atoms with Crippen molar-refractivity contribution < 1.29 is 27.8 Å². The summed E-state index contributed by atoms with van der Waals surface area (Å²) in [6.07, 6.45) is -6.95. The highest BCUT2D eigenvalue weighted by molar-refractivity contribution is 5.73. The van der Waals surface area contributed by atoms with Crippen molar-refractivity contribution in [2.45, 2.75) is 25.1 Å². The maximum absolute atomic E-state index is 11.9. The fraction of sp³-hybridized carbons (Fsp3) is 0.857. The molecule has 0 saturated carbocycles. The molecule has 0 aliphatic carbocycles. The maximum Gasteiger partial charge on any atom is 0.415 e. The molecule has 6 heteroatoms. The molecule has 0 unspecified atom stereocenters. The summed E-state index contributed by atoms with van der Waals surface area (Å²) >= 11 is 0. The predicted octanol–water partition coefficient (Wildman–Crippen LogP) is 0.863. The van der Waals surface area contributed by atoms with Gasteiger partial charge in [0.1, 0.15) is 0 Å². The van der Waals surface area contributed by atoms with Crippen LogP contribution in [0.2, 0.25) is 0 Å². The smallest absolute Gasteiger partial charge is 0.415 e. The predicted molar refractivity (Wildman–Crippen MR) is 35.7 cm³/mol. The number of carbonyl (C=O) groups excluding carboxylic acids is 1. The molecular weight excluding hydrogens is 189 g/mol. The molecule has 1 rings (SSSR count). The van der Waals surface area contributed by atoms with Crippen LogP contribution in [0.25, 0.3) is 0 Å². The zero-order chi connectivity index (χ0) is 10.1. The number of aliphatic hydroxyl groups excluding tert-OH is 1. The third-order valence-corrected chi connectivity index (χ3v) is 1.92. The Bertz CT molecular complexity index is 202. The first-order valence-electron chi connectivity index (χ1n) is 3.84. The van der Waals surface area contributed by atoms with Crippen LogP contribution in [0.3, 0.4) is 0 Å². The molecule has 1 heterocycles. The van der Waals surface area contributed by atoms with Crippen molar-refractivity contribution in [1.29, 1.82) is 0 Å². The third-order valence-electron chi connectivity index (χ3n) is 1.92. The minimum atomic E-state index is -4.75. The van der Waals surface area contributed by atoms with E-state index in [1.54, 1.807) is 0 Å². The Balaban J connectivity index is 2.64. The first kappa shape index (κ1) is 10.3. The zero-order valence-corrected chi connectivity index (χ0v) is 6.67. The Morgan fingerprint density at radius 2 is 2.15 bits per heavy atom. The Morgan fingerprint density at radius 3 is 2.62 bits per heavy atom. The van der Waals surface area contributed by atoms with Crippen molar-refractivity contribution in [2.24, 2.45) is 5.92 Å². The number of cyclic esters (lactones) is 1. The van der Waals surface area contributed by atoms with Gasteiger partial charge in [-0.15, -0.1) is 0 Å². The van der Waals surface area contributed by atoms with E-state index in [1.807, 2.05) is 0 Å². The molecule has 0 spiro atoms. The van der Waals surface area contributed by atoms with E-state index in [0.717, 1.165) is 0 Å². The molecule has 0 aromatic rings. The van der Waals surface area contributed by atoms with E-state index in [9.17, 15) is 18.0 Å². The number of hydrogen-bond acceptors (Lipinski definition) is 3. The summed E-state index contributed by atoms with van der Waals surface area (Å²) in [6, 6.07) is 0. The normalized spacial score (nSPS) is 26.8. The zero-order valence-electron chi connectivity index (χ0n) is 6.67. The number of hydrogen-bond donors (Lipinski definition) is 1. The van der Waals surface area contributed by atoms with E-state index >= 15 is 0 Å². The Labute approximate surface area is 72.5 Å². The van der Waals surface area contributed by atoms with Crippen molar-refractivity contribution in [3.8, 4) is 0 Å². The summed E-state index contributed by atoms with van der Waals surface area (Å²) in [5, 5.41) is 8.76. The van der Waals surface area contributed by atoms with Crippen molar-refractivity contribution in [3.63, 3.8) is 0 Å². The van der Waals surface area contributed by atoms with Crippen LogP contribution >= 0.6 is 0 Å². The van der Waals surface area contributed by atoms with E-state index in [1.165, 1.54) is 0 Å². The van der Waals surface area contributed by atoms with Gasteiger partial charge in [0.15, 0.2) is 6.10 Å². The Hall–Kier alpha value is -0.780. The van der Waals surface area contributed by atoms with E-state index in [4.69, 9.17) is 5.11 Å². The average molecular weight is 198 g/mol. The molecule has 1 aliphatic rings. The van der Waals surface area contributed by atoms with Crippen LogP contribution in [-0.2, 0) is 9.53 Å². The van der Waals surface area contributed by atoms with Gasteiger partial charge in [-0.25, -0.2) is 0 Å². The van der Waals surface area contributed by atoms with Crippen LogP contribution in [0.5, 0.6) is 0 Å². The van der Waals surface area contributed by atoms with Crippen molar-refractivity contribution in [2.75, 3.05) is 6.61 Å². The summed E-state index contributed by atoms with van der Waals surface area (Å²) in [4.78, 5) is 10.8. The molecule has 1 aliphatic heterocycles. The number of aliphatic hydroxyl groups is 1. The second-order valence-electron chi connectivity index (χ2n) is 2.90. The molecule has 2 atom stereocenters. The van der Waals surface area contributed by atoms with E-state index in [2.05, 4.69) is 4.74 Å². The lowest BCUT2D eigenvalue weighted by molar-refractivity contribution is -0.227. The summed E-state index contributed by atoms with van der Waals surface area (Å²) in [7, 11) is 0. The number of ether oxygens (including phenoxy) is 1. The van der Waals surface area contributed by atoms with Crippen LogP contribution in [0.4, 0.5) is 13.2 Å². The molecule has 13 heavy (non-hydrogen) atoms. The molecular formula is C7H9F3O3. The van der Waals surface area contributed by atoms with Crippen molar-refractivity contribution in [1.82, 2.24) is 0 Å². The van der Waals surface area contributed by atoms with Crippen LogP contribution in [0, 0.1) is 5.92 Å². The molecule has 3 nitrogen and oxygen atoms in total. The average Bonchev–Trinajstić information content (AvgIpc) is 2.02. The number of halogens is 3. The molecule has 1 saturated heterocycles. The van der Waals surface area contributed by atoms with Gasteiger partial charge in [-0.1, -0.05) is 0 Å². The van der Waals surface area contributed by atoms with Crippen molar-refractivity contribution in [3.05, 3.63) is 0 Å². The fourth-order valence-corrected chi connectivity index (χ4v) is 1.22. The lowest BCUT2D eigenvalue weighted by Crippen LogP contribution is -2.42. The molecule has 0 amide bonds. The topological polar surface area (TPSA) is 46.5 Å². The number of carbonyl (C=O) groups is 1. The quantitative estimate of drug-likeness (QED) is 0.635. The minimum Gasteiger partial charge on any atom is -0.465 e. The molecule has 0 radical (unpaired) electrons. The summed E-state index contributed by atoms with van der Waals surface area (Å²) in [6.45, 7) is 0.139. The van der Waals surface area contributed by atoms with Gasteiger partial charge in [-0.05, 0) is 12.8 Å². The van der Waals surface area contributed by atoms with Gasteiger partial charge < -0.3 is 9.84 Å².